The van der Waals surface area contributed by atoms with E-state index < -0.39 is 34.7 Å². The molecule has 4 aromatic rings. The molecule has 2 saturated heterocycles. The number of nitrogens with two attached hydrogens (primary N) is 1. The van der Waals surface area contributed by atoms with Crippen molar-refractivity contribution in [2.45, 2.75) is 37.3 Å². The number of aromatic nitrogens is 2. The first-order chi connectivity index (χ1) is 23.1. The minimum absolute atomic E-state index is 0.0644. The summed E-state index contributed by atoms with van der Waals surface area (Å²) in [7, 11) is 0. The van der Waals surface area contributed by atoms with Gasteiger partial charge in [0.25, 0.3) is 5.56 Å². The molecular formula is C35H36F2N6O5. The fourth-order valence-corrected chi connectivity index (χ4v) is 6.38. The molecule has 0 spiro atoms. The third-order valence-corrected chi connectivity index (χ3v) is 9.10. The van der Waals surface area contributed by atoms with Gasteiger partial charge in [-0.05, 0) is 61.2 Å². The van der Waals surface area contributed by atoms with Crippen molar-refractivity contribution in [1.29, 1.82) is 0 Å². The number of hydrogen-bond donors (Lipinski definition) is 3. The Labute approximate surface area is 275 Å². The van der Waals surface area contributed by atoms with Crippen LogP contribution < -0.4 is 21.3 Å². The molecule has 4 N–H and O–H groups in total. The van der Waals surface area contributed by atoms with Crippen molar-refractivity contribution in [3.05, 3.63) is 113 Å². The lowest BCUT2D eigenvalue weighted by Crippen LogP contribution is -2.53. The Morgan fingerprint density at radius 2 is 1.65 bits per heavy atom. The second-order valence-corrected chi connectivity index (χ2v) is 12.3. The van der Waals surface area contributed by atoms with E-state index >= 15 is 0 Å². The first-order valence-corrected chi connectivity index (χ1v) is 15.8. The van der Waals surface area contributed by atoms with Gasteiger partial charge in [-0.15, -0.1) is 0 Å². The number of hydrogen-bond acceptors (Lipinski definition) is 7. The number of ether oxygens (including phenoxy) is 1. The van der Waals surface area contributed by atoms with Crippen molar-refractivity contribution in [2.75, 3.05) is 37.2 Å². The van der Waals surface area contributed by atoms with E-state index in [4.69, 9.17) is 10.5 Å². The van der Waals surface area contributed by atoms with E-state index in [1.165, 1.54) is 47.3 Å². The van der Waals surface area contributed by atoms with Crippen LogP contribution >= 0.6 is 0 Å². The maximum atomic E-state index is 14.2. The molecular weight excluding hydrogens is 622 g/mol. The lowest BCUT2D eigenvalue weighted by Gasteiger charge is -2.43. The van der Waals surface area contributed by atoms with Crippen LogP contribution in [-0.4, -0.2) is 68.2 Å². The lowest BCUT2D eigenvalue weighted by atomic mass is 9.79. The zero-order chi connectivity index (χ0) is 33.8. The van der Waals surface area contributed by atoms with E-state index in [1.807, 2.05) is 30.3 Å². The van der Waals surface area contributed by atoms with Gasteiger partial charge in [-0.1, -0.05) is 42.5 Å². The lowest BCUT2D eigenvalue weighted by molar-refractivity contribution is -0.142. The van der Waals surface area contributed by atoms with Crippen molar-refractivity contribution in [3.63, 3.8) is 0 Å². The van der Waals surface area contributed by atoms with Gasteiger partial charge in [-0.2, -0.15) is 0 Å². The molecule has 0 radical (unpaired) electrons. The van der Waals surface area contributed by atoms with Gasteiger partial charge in [0.2, 0.25) is 11.8 Å². The number of halogens is 2. The zero-order valence-electron chi connectivity index (χ0n) is 26.1. The molecule has 2 atom stereocenters. The molecule has 1 aromatic heterocycles. The topological polar surface area (TPSA) is 143 Å². The van der Waals surface area contributed by atoms with Crippen LogP contribution in [0.15, 0.2) is 90.0 Å². The van der Waals surface area contributed by atoms with E-state index in [1.54, 1.807) is 21.9 Å². The predicted molar refractivity (Wildman–Crippen MR) is 174 cm³/mol. The number of nitrogen functional groups attached to an aromatic ring is 1. The summed E-state index contributed by atoms with van der Waals surface area (Å²) in [6.45, 7) is 1.05. The Hall–Kier alpha value is -5.30. The van der Waals surface area contributed by atoms with Gasteiger partial charge in [-0.25, -0.2) is 18.6 Å². The molecule has 250 valence electrons. The summed E-state index contributed by atoms with van der Waals surface area (Å²) in [5, 5.41) is 14.1. The van der Waals surface area contributed by atoms with Crippen LogP contribution in [0, 0.1) is 17.6 Å². The predicted octanol–water partition coefficient (Wildman–Crippen LogP) is 4.59. The van der Waals surface area contributed by atoms with Crippen molar-refractivity contribution in [2.24, 2.45) is 5.92 Å². The number of carbonyl (C=O) groups excluding carboxylic acids is 2. The van der Waals surface area contributed by atoms with Gasteiger partial charge >= 0.3 is 6.03 Å². The molecule has 3 aromatic carbocycles. The molecule has 0 aliphatic carbocycles. The molecule has 6 rings (SSSR count). The fraction of sp³-hybridized carbons (Fsp3) is 0.314. The number of aliphatic hydroxyl groups is 1. The Morgan fingerprint density at radius 1 is 0.958 bits per heavy atom. The maximum absolute atomic E-state index is 14.2. The van der Waals surface area contributed by atoms with E-state index in [9.17, 15) is 28.3 Å². The Morgan fingerprint density at radius 3 is 2.35 bits per heavy atom. The molecule has 0 bridgehead atoms. The summed E-state index contributed by atoms with van der Waals surface area (Å²) in [6.07, 6.45) is 2.10. The number of nitrogens with zero attached hydrogens (tertiary/aromatic N) is 4. The molecule has 0 saturated carbocycles. The van der Waals surface area contributed by atoms with Crippen molar-refractivity contribution < 1.29 is 28.2 Å². The molecule has 11 nitrogen and oxygen atoms in total. The quantitative estimate of drug-likeness (QED) is 0.264. The molecule has 3 heterocycles. The van der Waals surface area contributed by atoms with Crippen LogP contribution in [0.1, 0.15) is 30.7 Å². The highest BCUT2D eigenvalue weighted by Gasteiger charge is 2.41. The number of likely N-dealkylation sites (tertiary alicyclic amines) is 2. The minimum Gasteiger partial charge on any atom is -0.437 e. The number of amides is 3. The highest BCUT2D eigenvalue weighted by atomic mass is 19.1. The highest BCUT2D eigenvalue weighted by Crippen LogP contribution is 2.36. The van der Waals surface area contributed by atoms with Crippen LogP contribution in [0.2, 0.25) is 0 Å². The van der Waals surface area contributed by atoms with E-state index in [-0.39, 0.29) is 73.9 Å². The second-order valence-electron chi connectivity index (χ2n) is 12.3. The van der Waals surface area contributed by atoms with Gasteiger partial charge in [0.05, 0.1) is 17.8 Å². The maximum Gasteiger partial charge on any atom is 0.321 e. The number of benzene rings is 3. The van der Waals surface area contributed by atoms with Crippen LogP contribution in [-0.2, 0) is 11.3 Å². The third-order valence-electron chi connectivity index (χ3n) is 9.10. The van der Waals surface area contributed by atoms with Crippen LogP contribution in [0.5, 0.6) is 11.6 Å². The van der Waals surface area contributed by atoms with Crippen molar-refractivity contribution in [1.82, 2.24) is 19.4 Å². The molecule has 48 heavy (non-hydrogen) atoms. The SMILES string of the molecule is Nc1c(Oc2ccc(F)cc2)ncn(CC2(O)CCN(C(=O)[C@@H]3CCN(C(=O)Nc4ccccc4F)C[C@H]3c3ccccc3)CC2)c1=O. The average Bonchev–Trinajstić information content (AvgIpc) is 3.10. The van der Waals surface area contributed by atoms with Gasteiger partial charge in [-0.3, -0.25) is 14.2 Å². The molecule has 2 aliphatic heterocycles. The van der Waals surface area contributed by atoms with Gasteiger partial charge in [0, 0.05) is 38.0 Å². The van der Waals surface area contributed by atoms with Crippen LogP contribution in [0.4, 0.5) is 25.0 Å². The minimum atomic E-state index is -1.29. The smallest absolute Gasteiger partial charge is 0.321 e. The summed E-state index contributed by atoms with van der Waals surface area (Å²) in [6, 6.07) is 20.3. The summed E-state index contributed by atoms with van der Waals surface area (Å²) >= 11 is 0. The Kier molecular flexibility index (Phi) is 9.40. The monoisotopic (exact) mass is 658 g/mol. The number of rotatable bonds is 7. The summed E-state index contributed by atoms with van der Waals surface area (Å²) in [4.78, 5) is 47.6. The van der Waals surface area contributed by atoms with Crippen molar-refractivity contribution >= 4 is 23.3 Å². The van der Waals surface area contributed by atoms with Crippen molar-refractivity contribution in [3.8, 4) is 11.6 Å². The Bertz CT molecular complexity index is 1830. The molecule has 2 aliphatic rings. The second kappa shape index (κ2) is 13.8. The normalized spacial score (nSPS) is 19.1. The summed E-state index contributed by atoms with van der Waals surface area (Å²) in [5.74, 6) is -1.60. The van der Waals surface area contributed by atoms with E-state index in [0.717, 1.165) is 5.56 Å². The number of para-hydroxylation sites is 1. The number of urea groups is 1. The molecule has 2 fully saturated rings. The fourth-order valence-electron chi connectivity index (χ4n) is 6.38. The average molecular weight is 659 g/mol. The zero-order valence-corrected chi connectivity index (χ0v) is 26.1. The number of carbonyl (C=O) groups is 2. The van der Waals surface area contributed by atoms with Gasteiger partial charge in [0.15, 0.2) is 5.69 Å². The summed E-state index contributed by atoms with van der Waals surface area (Å²) < 4.78 is 34.2. The number of nitrogens with one attached hydrogen (secondary N) is 1. The van der Waals surface area contributed by atoms with Gasteiger partial charge in [0.1, 0.15) is 23.7 Å². The third kappa shape index (κ3) is 7.15. The first-order valence-electron chi connectivity index (χ1n) is 15.8. The van der Waals surface area contributed by atoms with Gasteiger partial charge < -0.3 is 30.7 Å². The largest absolute Gasteiger partial charge is 0.437 e. The molecule has 0 unspecified atom stereocenters. The van der Waals surface area contributed by atoms with Crippen LogP contribution in [0.3, 0.4) is 0 Å². The summed E-state index contributed by atoms with van der Waals surface area (Å²) in [5.41, 5.74) is 4.89. The first kappa shape index (κ1) is 32.6. The van der Waals surface area contributed by atoms with Crippen LogP contribution in [0.25, 0.3) is 0 Å². The standard InChI is InChI=1S/C35H36F2N6O5/c36-24-10-12-25(13-11-24)48-31-30(38)33(45)43(22-39-31)21-35(47)15-18-41(19-16-35)32(44)26-14-17-42(20-27(26)23-6-2-1-3-7-23)34(46)40-29-9-5-4-8-28(29)37/h1-13,22,26-27,47H,14-21,38H2,(H,40,46)/t26-,27+/m1/s1. The molecule has 3 amide bonds. The Balaban J connectivity index is 1.10. The van der Waals surface area contributed by atoms with E-state index in [0.29, 0.717) is 13.0 Å². The number of anilines is 2. The number of piperidine rings is 2. The van der Waals surface area contributed by atoms with E-state index in [2.05, 4.69) is 10.3 Å². The highest BCUT2D eigenvalue weighted by molar-refractivity contribution is 5.90. The molecule has 13 heteroatoms.